The van der Waals surface area contributed by atoms with E-state index in [-0.39, 0.29) is 12.3 Å². The maximum absolute atomic E-state index is 11.3. The van der Waals surface area contributed by atoms with Crippen LogP contribution >= 0.6 is 0 Å². The average molecular weight is 208 g/mol. The molecule has 0 aliphatic heterocycles. The Morgan fingerprint density at radius 3 is 2.67 bits per heavy atom. The normalized spacial score (nSPS) is 11.2. The van der Waals surface area contributed by atoms with Crippen LogP contribution in [0.15, 0.2) is 29.4 Å². The molecule has 0 fully saturated rings. The van der Waals surface area contributed by atoms with Gasteiger partial charge in [0.1, 0.15) is 0 Å². The van der Waals surface area contributed by atoms with Crippen LogP contribution in [0.1, 0.15) is 11.1 Å². The van der Waals surface area contributed by atoms with Crippen molar-refractivity contribution in [1.82, 2.24) is 5.32 Å². The number of aliphatic hydroxyl groups excluding tert-OH is 1. The van der Waals surface area contributed by atoms with Gasteiger partial charge in [-0.25, -0.2) is 0 Å². The van der Waals surface area contributed by atoms with Gasteiger partial charge in [-0.15, -0.1) is 0 Å². The average Bonchev–Trinajstić information content (AvgIpc) is 2.30. The van der Waals surface area contributed by atoms with Gasteiger partial charge >= 0.3 is 0 Å². The highest BCUT2D eigenvalue weighted by molar-refractivity contribution is 6.45. The minimum atomic E-state index is -0.501. The molecule has 1 aromatic rings. The highest BCUT2D eigenvalue weighted by Crippen LogP contribution is 2.10. The Labute approximate surface area is 87.0 Å². The fourth-order valence-corrected chi connectivity index (χ4v) is 1.23. The minimum absolute atomic E-state index is 0.109. The van der Waals surface area contributed by atoms with Gasteiger partial charge in [0.25, 0.3) is 5.91 Å². The summed E-state index contributed by atoms with van der Waals surface area (Å²) >= 11 is 0. The Bertz CT molecular complexity index is 388. The third-order valence-electron chi connectivity index (χ3n) is 1.98. The lowest BCUT2D eigenvalue weighted by Gasteiger charge is -2.07. The van der Waals surface area contributed by atoms with Crippen LogP contribution < -0.4 is 5.32 Å². The predicted octanol–water partition coefficient (Wildman–Crippen LogP) is 0.103. The summed E-state index contributed by atoms with van der Waals surface area (Å²) in [6.45, 7) is -0.216. The maximum atomic E-state index is 11.3. The zero-order valence-corrected chi connectivity index (χ0v) is 8.27. The second-order valence-corrected chi connectivity index (χ2v) is 2.84. The third-order valence-corrected chi connectivity index (χ3v) is 1.98. The first kappa shape index (κ1) is 11.2. The van der Waals surface area contributed by atoms with E-state index in [2.05, 4.69) is 10.5 Å². The molecular weight excluding hydrogens is 196 g/mol. The van der Waals surface area contributed by atoms with Crippen molar-refractivity contribution in [2.45, 2.75) is 6.61 Å². The number of benzene rings is 1. The molecule has 0 aromatic heterocycles. The molecule has 0 bridgehead atoms. The lowest BCUT2D eigenvalue weighted by Crippen LogP contribution is -2.29. The lowest BCUT2D eigenvalue weighted by molar-refractivity contribution is -0.114. The van der Waals surface area contributed by atoms with Gasteiger partial charge in [0.05, 0.1) is 6.61 Å². The first-order chi connectivity index (χ1) is 7.24. The van der Waals surface area contributed by atoms with Crippen LogP contribution in [0.2, 0.25) is 0 Å². The molecule has 3 N–H and O–H groups in total. The van der Waals surface area contributed by atoms with Crippen LogP contribution in [0.25, 0.3) is 0 Å². The smallest absolute Gasteiger partial charge is 0.273 e. The van der Waals surface area contributed by atoms with E-state index in [4.69, 9.17) is 10.3 Å². The number of rotatable bonds is 3. The summed E-state index contributed by atoms with van der Waals surface area (Å²) in [5.41, 5.74) is 0.845. The standard InChI is InChI=1S/C10H12N2O3/c1-11-10(14)9(12-15)8-5-3-2-4-7(8)6-13/h2-5,13,15H,6H2,1H3,(H,11,14)/b12-9-. The number of amides is 1. The third kappa shape index (κ3) is 2.32. The van der Waals surface area contributed by atoms with E-state index < -0.39 is 5.91 Å². The van der Waals surface area contributed by atoms with Crippen molar-refractivity contribution in [2.24, 2.45) is 5.16 Å². The number of nitrogens with one attached hydrogen (secondary N) is 1. The molecule has 0 saturated heterocycles. The van der Waals surface area contributed by atoms with Crippen molar-refractivity contribution in [1.29, 1.82) is 0 Å². The summed E-state index contributed by atoms with van der Waals surface area (Å²) in [7, 11) is 1.44. The Balaban J connectivity index is 3.18. The van der Waals surface area contributed by atoms with Crippen LogP contribution in [0.3, 0.4) is 0 Å². The van der Waals surface area contributed by atoms with Gasteiger partial charge in [0.15, 0.2) is 5.71 Å². The lowest BCUT2D eigenvalue weighted by atomic mass is 10.0. The second-order valence-electron chi connectivity index (χ2n) is 2.84. The first-order valence-electron chi connectivity index (χ1n) is 4.37. The van der Waals surface area contributed by atoms with Crippen molar-refractivity contribution in [3.8, 4) is 0 Å². The molecule has 0 radical (unpaired) electrons. The largest absolute Gasteiger partial charge is 0.410 e. The maximum Gasteiger partial charge on any atom is 0.273 e. The monoisotopic (exact) mass is 208 g/mol. The van der Waals surface area contributed by atoms with Crippen molar-refractivity contribution < 1.29 is 15.1 Å². The van der Waals surface area contributed by atoms with Crippen molar-refractivity contribution >= 4 is 11.6 Å². The van der Waals surface area contributed by atoms with Gasteiger partial charge in [-0.2, -0.15) is 0 Å². The van der Waals surface area contributed by atoms with Crippen molar-refractivity contribution in [2.75, 3.05) is 7.05 Å². The van der Waals surface area contributed by atoms with Crippen LogP contribution in [0, 0.1) is 0 Å². The molecule has 5 nitrogen and oxygen atoms in total. The van der Waals surface area contributed by atoms with Crippen LogP contribution in [-0.4, -0.2) is 29.0 Å². The summed E-state index contributed by atoms with van der Waals surface area (Å²) in [4.78, 5) is 11.3. The number of hydrogen-bond acceptors (Lipinski definition) is 4. The molecular formula is C10H12N2O3. The fourth-order valence-electron chi connectivity index (χ4n) is 1.23. The quantitative estimate of drug-likeness (QED) is 0.374. The Morgan fingerprint density at radius 2 is 2.13 bits per heavy atom. The summed E-state index contributed by atoms with van der Waals surface area (Å²) in [6, 6.07) is 6.69. The Morgan fingerprint density at radius 1 is 1.47 bits per heavy atom. The number of aliphatic hydroxyl groups is 1. The number of carbonyl (C=O) groups is 1. The van der Waals surface area contributed by atoms with Gasteiger partial charge in [-0.3, -0.25) is 4.79 Å². The topological polar surface area (TPSA) is 81.9 Å². The second kappa shape index (κ2) is 5.11. The van der Waals surface area contributed by atoms with E-state index in [9.17, 15) is 4.79 Å². The van der Waals surface area contributed by atoms with Crippen molar-refractivity contribution in [3.63, 3.8) is 0 Å². The summed E-state index contributed by atoms with van der Waals surface area (Å²) in [5.74, 6) is -0.501. The number of nitrogens with zero attached hydrogens (tertiary/aromatic N) is 1. The van der Waals surface area contributed by atoms with Crippen LogP contribution in [0.4, 0.5) is 0 Å². The Kier molecular flexibility index (Phi) is 3.82. The van der Waals surface area contributed by atoms with E-state index in [0.29, 0.717) is 11.1 Å². The molecule has 15 heavy (non-hydrogen) atoms. The van der Waals surface area contributed by atoms with Gasteiger partial charge in [-0.1, -0.05) is 29.4 Å². The number of oxime groups is 1. The zero-order valence-electron chi connectivity index (χ0n) is 8.27. The first-order valence-corrected chi connectivity index (χ1v) is 4.37. The van der Waals surface area contributed by atoms with Crippen LogP contribution in [-0.2, 0) is 11.4 Å². The van der Waals surface area contributed by atoms with E-state index in [1.165, 1.54) is 7.05 Å². The molecule has 1 rings (SSSR count). The molecule has 1 aromatic carbocycles. The number of carbonyl (C=O) groups excluding carboxylic acids is 1. The highest BCUT2D eigenvalue weighted by Gasteiger charge is 2.15. The number of likely N-dealkylation sites (N-methyl/N-ethyl adjacent to an activating group) is 1. The van der Waals surface area contributed by atoms with Crippen molar-refractivity contribution in [3.05, 3.63) is 35.4 Å². The molecule has 0 aliphatic carbocycles. The predicted molar refractivity (Wildman–Crippen MR) is 54.8 cm³/mol. The molecule has 0 aliphatic rings. The van der Waals surface area contributed by atoms with Gasteiger partial charge in [0.2, 0.25) is 0 Å². The van der Waals surface area contributed by atoms with Gasteiger partial charge < -0.3 is 15.6 Å². The molecule has 0 heterocycles. The van der Waals surface area contributed by atoms with E-state index >= 15 is 0 Å². The van der Waals surface area contributed by atoms with E-state index in [1.807, 2.05) is 0 Å². The van der Waals surface area contributed by atoms with Gasteiger partial charge in [-0.05, 0) is 5.56 Å². The summed E-state index contributed by atoms with van der Waals surface area (Å²) < 4.78 is 0. The molecule has 80 valence electrons. The molecule has 1 amide bonds. The summed E-state index contributed by atoms with van der Waals surface area (Å²) in [6.07, 6.45) is 0. The summed E-state index contributed by atoms with van der Waals surface area (Å²) in [5, 5.41) is 23.1. The zero-order chi connectivity index (χ0) is 11.3. The number of hydrogen-bond donors (Lipinski definition) is 3. The van der Waals surface area contributed by atoms with E-state index in [0.717, 1.165) is 0 Å². The molecule has 0 saturated carbocycles. The molecule has 0 spiro atoms. The SMILES string of the molecule is CNC(=O)/C(=N\O)c1ccccc1CO. The van der Waals surface area contributed by atoms with E-state index in [1.54, 1.807) is 24.3 Å². The molecule has 0 atom stereocenters. The highest BCUT2D eigenvalue weighted by atomic mass is 16.4. The minimum Gasteiger partial charge on any atom is -0.410 e. The fraction of sp³-hybridized carbons (Fsp3) is 0.200. The molecule has 0 unspecified atom stereocenters. The van der Waals surface area contributed by atoms with Gasteiger partial charge in [0, 0.05) is 12.6 Å². The molecule has 5 heteroatoms. The van der Waals surface area contributed by atoms with Crippen LogP contribution in [0.5, 0.6) is 0 Å². The Hall–Kier alpha value is -1.88.